The molecule has 0 radical (unpaired) electrons. The Hall–Kier alpha value is -4.54. The Labute approximate surface area is 378 Å². The van der Waals surface area contributed by atoms with E-state index < -0.39 is 0 Å². The van der Waals surface area contributed by atoms with E-state index in [1.807, 2.05) is 12.3 Å². The first-order valence-electron chi connectivity index (χ1n) is 21.6. The standard InChI is InChI=1S/C55H61N4O.Pt/c1-51(2,3)36-18-17-19-40(28-36)58-35-59(58,48-25-22-37(31-49(48)58)52(4,5)6)41-29-39(53(7,8)9)30-43(33-41)60-42-23-24-45-44-20-15-16-21-46(44)57(47(45)34-42)50-32-38(26-27-56-50)55(13,14)54(10,11)12;/h15-32,35H,1-14H3;/q-1;/t58-,59?;/m0./s1. The summed E-state index contributed by atoms with van der Waals surface area (Å²) in [6.45, 7) is 34.6. The zero-order valence-electron chi connectivity index (χ0n) is 38.5. The molecule has 4 heterocycles. The Kier molecular flexibility index (Phi) is 9.88. The molecule has 5 aromatic carbocycles. The molecular weight excluding hydrogens is 928 g/mol. The number of hydrogen-bond acceptors (Lipinski definition) is 2. The van der Waals surface area contributed by atoms with E-state index in [0.717, 1.165) is 33.3 Å². The van der Waals surface area contributed by atoms with E-state index in [1.54, 1.807) is 0 Å². The molecule has 1 unspecified atom stereocenters. The van der Waals surface area contributed by atoms with Gasteiger partial charge in [0.2, 0.25) is 11.4 Å². The molecule has 1 fully saturated rings. The number of pyridine rings is 1. The van der Waals surface area contributed by atoms with Crippen molar-refractivity contribution in [2.24, 2.45) is 5.41 Å². The third kappa shape index (κ3) is 6.64. The number of ether oxygens (including phenoxy) is 1. The van der Waals surface area contributed by atoms with E-state index in [0.29, 0.717) is 20.7 Å². The fourth-order valence-electron chi connectivity index (χ4n) is 8.98. The number of aromatic nitrogens is 2. The van der Waals surface area contributed by atoms with Gasteiger partial charge in [0.25, 0.3) is 0 Å². The number of nitrogens with zero attached hydrogens (tertiary/aromatic N) is 4. The van der Waals surface area contributed by atoms with Crippen LogP contribution in [0.1, 0.15) is 119 Å². The maximum Gasteiger partial charge on any atom is 0.225 e. The van der Waals surface area contributed by atoms with Crippen molar-refractivity contribution in [1.82, 2.24) is 18.7 Å². The number of rotatable bonds is 6. The molecule has 2 aromatic heterocycles. The molecule has 9 rings (SSSR count). The van der Waals surface area contributed by atoms with Crippen molar-refractivity contribution in [1.29, 1.82) is 0 Å². The maximum atomic E-state index is 6.93. The van der Waals surface area contributed by atoms with Gasteiger partial charge >= 0.3 is 0 Å². The summed E-state index contributed by atoms with van der Waals surface area (Å²) < 4.78 is 10.3. The summed E-state index contributed by atoms with van der Waals surface area (Å²) >= 11 is 0. The van der Waals surface area contributed by atoms with Crippen LogP contribution >= 0.6 is 0 Å². The number of para-hydroxylation sites is 1. The van der Waals surface area contributed by atoms with Crippen molar-refractivity contribution in [3.8, 4) is 17.3 Å². The molecule has 318 valence electrons. The van der Waals surface area contributed by atoms with Crippen LogP contribution in [0.4, 0.5) is 22.7 Å². The van der Waals surface area contributed by atoms with Crippen molar-refractivity contribution in [2.75, 3.05) is 0 Å². The summed E-state index contributed by atoms with van der Waals surface area (Å²) in [4.78, 5) is 4.97. The van der Waals surface area contributed by atoms with Gasteiger partial charge in [-0.25, -0.2) is 9.58 Å². The van der Waals surface area contributed by atoms with Gasteiger partial charge in [0.05, 0.1) is 5.69 Å². The largest absolute Gasteiger partial charge is 0.509 e. The molecular formula is C55H61N4OPt-. The SMILES string of the molecule is CC(C)(C)c1cc(Oc2[c-]c3c(cc2)c2ccccc2n3-c2cc(C(C)(C)C(C)(C)C)ccn2)[c-]c([N+]23[CH-][N@+]2(c2cccc(C(C)(C)C)c2)c2cc(C(C)(C)C)ccc23)c1.[Pt]. The first kappa shape index (κ1) is 43.1. The Balaban J connectivity index is 0.00000514. The molecule has 5 nitrogen and oxygen atoms in total. The Morgan fingerprint density at radius 1 is 0.557 bits per heavy atom. The molecule has 6 heteroatoms. The maximum absolute atomic E-state index is 6.93. The zero-order valence-corrected chi connectivity index (χ0v) is 40.8. The van der Waals surface area contributed by atoms with Gasteiger partial charge in [-0.1, -0.05) is 145 Å². The number of hydrogen-bond donors (Lipinski definition) is 0. The van der Waals surface area contributed by atoms with Crippen molar-refractivity contribution < 1.29 is 25.8 Å². The summed E-state index contributed by atoms with van der Waals surface area (Å²) in [6, 6.07) is 45.5. The predicted octanol–water partition coefficient (Wildman–Crippen LogP) is 15.1. The second kappa shape index (κ2) is 14.0. The molecule has 1 saturated heterocycles. The Morgan fingerprint density at radius 2 is 1.25 bits per heavy atom. The quantitative estimate of drug-likeness (QED) is 0.0943. The molecule has 7 aromatic rings. The minimum Gasteiger partial charge on any atom is -0.509 e. The molecule has 0 amide bonds. The van der Waals surface area contributed by atoms with Gasteiger partial charge in [-0.05, 0) is 67.4 Å². The molecule has 0 spiro atoms. The molecule has 61 heavy (non-hydrogen) atoms. The topological polar surface area (TPSA) is 27.1 Å². The van der Waals surface area contributed by atoms with Gasteiger partial charge in [-0.15, -0.1) is 35.2 Å². The third-order valence-electron chi connectivity index (χ3n) is 13.9. The van der Waals surface area contributed by atoms with Crippen LogP contribution in [-0.4, -0.2) is 9.55 Å². The normalized spacial score (nSPS) is 18.9. The fourth-order valence-corrected chi connectivity index (χ4v) is 8.98. The van der Waals surface area contributed by atoms with Crippen LogP contribution in [0.15, 0.2) is 109 Å². The summed E-state index contributed by atoms with van der Waals surface area (Å²) in [7, 11) is 0. The van der Waals surface area contributed by atoms with E-state index in [9.17, 15) is 0 Å². The molecule has 0 N–H and O–H groups in total. The van der Waals surface area contributed by atoms with Gasteiger partial charge in [0.1, 0.15) is 5.82 Å². The summed E-state index contributed by atoms with van der Waals surface area (Å²) in [5, 5.41) is 2.27. The van der Waals surface area contributed by atoms with Crippen LogP contribution in [-0.2, 0) is 42.7 Å². The Morgan fingerprint density at radius 3 is 1.93 bits per heavy atom. The van der Waals surface area contributed by atoms with E-state index >= 15 is 0 Å². The molecule has 2 atom stereocenters. The molecule has 0 aliphatic carbocycles. The van der Waals surface area contributed by atoms with Gasteiger partial charge in [0, 0.05) is 68.5 Å². The number of fused-ring (bicyclic) bond motifs is 7. The average Bonchev–Trinajstić information content (AvgIpc) is 3.67. The van der Waals surface area contributed by atoms with Crippen LogP contribution in [0.2, 0.25) is 0 Å². The summed E-state index contributed by atoms with van der Waals surface area (Å²) in [5.41, 5.74) is 11.9. The minimum absolute atomic E-state index is 0. The molecule has 0 saturated carbocycles. The van der Waals surface area contributed by atoms with Crippen LogP contribution in [0, 0.1) is 24.2 Å². The molecule has 0 bridgehead atoms. The Bertz CT molecular complexity index is 2860. The van der Waals surface area contributed by atoms with Crippen LogP contribution in [0.3, 0.4) is 0 Å². The molecule has 2 aliphatic heterocycles. The van der Waals surface area contributed by atoms with Gasteiger partial charge in [-0.2, -0.15) is 10.7 Å². The minimum atomic E-state index is -0.139. The van der Waals surface area contributed by atoms with Crippen LogP contribution in [0.5, 0.6) is 11.5 Å². The van der Waals surface area contributed by atoms with Crippen molar-refractivity contribution in [3.05, 3.63) is 150 Å². The van der Waals surface area contributed by atoms with E-state index in [1.165, 1.54) is 39.3 Å². The van der Waals surface area contributed by atoms with Gasteiger partial charge in [-0.3, -0.25) is 0 Å². The van der Waals surface area contributed by atoms with Crippen molar-refractivity contribution in [3.63, 3.8) is 0 Å². The summed E-state index contributed by atoms with van der Waals surface area (Å²) in [6.07, 6.45) is 1.95. The van der Waals surface area contributed by atoms with Gasteiger partial charge < -0.3 is 9.30 Å². The monoisotopic (exact) mass is 988 g/mol. The smallest absolute Gasteiger partial charge is 0.225 e. The van der Waals surface area contributed by atoms with E-state index in [4.69, 9.17) is 9.72 Å². The van der Waals surface area contributed by atoms with Gasteiger partial charge in [0.15, 0.2) is 12.4 Å². The first-order valence-corrected chi connectivity index (χ1v) is 21.6. The fraction of sp³-hybridized carbons (Fsp3) is 0.345. The van der Waals surface area contributed by atoms with E-state index in [-0.39, 0.29) is 48.1 Å². The van der Waals surface area contributed by atoms with E-state index in [2.05, 4.69) is 217 Å². The predicted molar refractivity (Wildman–Crippen MR) is 251 cm³/mol. The van der Waals surface area contributed by atoms with Crippen molar-refractivity contribution >= 4 is 44.6 Å². The average molecular weight is 989 g/mol. The zero-order chi connectivity index (χ0) is 43.0. The van der Waals surface area contributed by atoms with Crippen molar-refractivity contribution in [2.45, 2.75) is 119 Å². The second-order valence-corrected chi connectivity index (χ2v) is 21.9. The number of benzene rings is 5. The third-order valence-corrected chi connectivity index (χ3v) is 13.9. The second-order valence-electron chi connectivity index (χ2n) is 21.9. The van der Waals surface area contributed by atoms with Crippen LogP contribution in [0.25, 0.3) is 27.6 Å². The first-order chi connectivity index (χ1) is 28.0. The molecule has 2 aliphatic rings. The van der Waals surface area contributed by atoms with Crippen LogP contribution < -0.4 is 13.9 Å². The summed E-state index contributed by atoms with van der Waals surface area (Å²) in [5.74, 6) is 2.19. The number of quaternary nitrogens is 2.